The summed E-state index contributed by atoms with van der Waals surface area (Å²) in [5.74, 6) is -1.46. The van der Waals surface area contributed by atoms with E-state index in [-0.39, 0.29) is 12.3 Å². The number of hydrogen-bond donors (Lipinski definition) is 0. The van der Waals surface area contributed by atoms with Crippen molar-refractivity contribution in [2.24, 2.45) is 0 Å². The highest BCUT2D eigenvalue weighted by Crippen LogP contribution is 2.36. The molecule has 0 aliphatic heterocycles. The van der Waals surface area contributed by atoms with Gasteiger partial charge in [-0.3, -0.25) is 0 Å². The number of methoxy groups -OCH3 is 1. The first kappa shape index (κ1) is 14.3. The Morgan fingerprint density at radius 2 is 1.72 bits per heavy atom. The summed E-state index contributed by atoms with van der Waals surface area (Å²) < 4.78 is 78.3. The van der Waals surface area contributed by atoms with Gasteiger partial charge in [0.2, 0.25) is 0 Å². The van der Waals surface area contributed by atoms with E-state index in [0.29, 0.717) is 0 Å². The van der Waals surface area contributed by atoms with Gasteiger partial charge in [0.25, 0.3) is 0 Å². The van der Waals surface area contributed by atoms with Crippen LogP contribution in [-0.4, -0.2) is 18.1 Å². The van der Waals surface area contributed by atoms with Crippen molar-refractivity contribution >= 4 is 5.97 Å². The molecule has 0 atom stereocenters. The Morgan fingerprint density at radius 3 is 2.11 bits per heavy atom. The molecule has 0 fully saturated rings. The zero-order chi connectivity index (χ0) is 14.1. The number of nitrogens with zero attached hydrogens (tertiary/aromatic N) is 1. The first-order chi connectivity index (χ1) is 8.07. The summed E-state index contributed by atoms with van der Waals surface area (Å²) in [5.41, 5.74) is -4.59. The Morgan fingerprint density at radius 1 is 1.17 bits per heavy atom. The third-order valence-corrected chi connectivity index (χ3v) is 1.90. The van der Waals surface area contributed by atoms with Crippen molar-refractivity contribution in [1.29, 1.82) is 0 Å². The fraction of sp³-hybridized carbons (Fsp3) is 0.333. The number of carbonyl (C=O) groups excluding carboxylic acids is 1. The molecule has 0 saturated carbocycles. The predicted octanol–water partition coefficient (Wildman–Crippen LogP) is 2.91. The lowest BCUT2D eigenvalue weighted by molar-refractivity contribution is -0.143. The van der Waals surface area contributed by atoms with Crippen molar-refractivity contribution in [3.05, 3.63) is 29.1 Å². The smallest absolute Gasteiger partial charge is 0.418 e. The zero-order valence-electron chi connectivity index (χ0n) is 8.69. The van der Waals surface area contributed by atoms with Gasteiger partial charge in [0.05, 0.1) is 18.2 Å². The minimum Gasteiger partial charge on any atom is -0.464 e. The maximum atomic E-state index is 12.5. The van der Waals surface area contributed by atoms with Gasteiger partial charge in [-0.15, -0.1) is 0 Å². The third-order valence-electron chi connectivity index (χ3n) is 1.90. The van der Waals surface area contributed by atoms with Crippen LogP contribution < -0.4 is 0 Å². The molecule has 0 aliphatic rings. The molecule has 0 bridgehead atoms. The zero-order valence-corrected chi connectivity index (χ0v) is 8.69. The first-order valence-corrected chi connectivity index (χ1v) is 4.30. The molecule has 3 nitrogen and oxygen atoms in total. The molecule has 1 rings (SSSR count). The lowest BCUT2D eigenvalue weighted by Gasteiger charge is -2.13. The van der Waals surface area contributed by atoms with Gasteiger partial charge < -0.3 is 4.74 Å². The molecule has 0 amide bonds. The molecule has 1 aromatic rings. The van der Waals surface area contributed by atoms with Crippen LogP contribution in [-0.2, 0) is 17.1 Å². The highest BCUT2D eigenvalue weighted by Gasteiger charge is 2.40. The second-order valence-corrected chi connectivity index (χ2v) is 3.11. The van der Waals surface area contributed by atoms with E-state index in [4.69, 9.17) is 0 Å². The van der Waals surface area contributed by atoms with E-state index in [9.17, 15) is 31.1 Å². The van der Waals surface area contributed by atoms with E-state index in [0.717, 1.165) is 7.11 Å². The van der Waals surface area contributed by atoms with Crippen molar-refractivity contribution < 1.29 is 35.9 Å². The summed E-state index contributed by atoms with van der Waals surface area (Å²) in [6, 6.07) is -0.181. The van der Waals surface area contributed by atoms with Crippen LogP contribution in [0.4, 0.5) is 26.3 Å². The maximum Gasteiger partial charge on any atom is 0.418 e. The normalized spacial score (nSPS) is 12.4. The topological polar surface area (TPSA) is 39.2 Å². The van der Waals surface area contributed by atoms with E-state index < -0.39 is 35.1 Å². The number of halogens is 6. The second-order valence-electron chi connectivity index (χ2n) is 3.11. The first-order valence-electron chi connectivity index (χ1n) is 4.30. The highest BCUT2D eigenvalue weighted by atomic mass is 19.4. The summed E-state index contributed by atoms with van der Waals surface area (Å²) in [6.07, 6.45) is -9.99. The lowest BCUT2D eigenvalue weighted by atomic mass is 10.1. The van der Waals surface area contributed by atoms with E-state index in [2.05, 4.69) is 9.72 Å². The Balaban J connectivity index is 3.44. The van der Waals surface area contributed by atoms with Crippen molar-refractivity contribution in [3.8, 4) is 0 Å². The molecule has 0 aliphatic carbocycles. The summed E-state index contributed by atoms with van der Waals surface area (Å²) in [5, 5.41) is 0. The van der Waals surface area contributed by atoms with Crippen LogP contribution in [0.25, 0.3) is 0 Å². The molecule has 18 heavy (non-hydrogen) atoms. The minimum atomic E-state index is -5.14. The number of pyridine rings is 1. The van der Waals surface area contributed by atoms with E-state index in [1.165, 1.54) is 0 Å². The van der Waals surface area contributed by atoms with Gasteiger partial charge in [-0.05, 0) is 6.07 Å². The van der Waals surface area contributed by atoms with Gasteiger partial charge in [-0.2, -0.15) is 26.3 Å². The monoisotopic (exact) mass is 273 g/mol. The minimum absolute atomic E-state index is 0.140. The molecule has 0 saturated heterocycles. The predicted molar refractivity (Wildman–Crippen MR) is 45.6 cm³/mol. The maximum absolute atomic E-state index is 12.5. The van der Waals surface area contributed by atoms with Crippen LogP contribution in [0, 0.1) is 0 Å². The molecule has 0 radical (unpaired) electrons. The number of hydrogen-bond acceptors (Lipinski definition) is 3. The molecule has 1 aromatic heterocycles. The number of alkyl halides is 6. The van der Waals surface area contributed by atoms with Gasteiger partial charge >= 0.3 is 18.3 Å². The molecule has 0 unspecified atom stereocenters. The number of carbonyl (C=O) groups is 1. The number of rotatable bonds is 1. The summed E-state index contributed by atoms with van der Waals surface area (Å²) in [4.78, 5) is 13.8. The molecule has 0 spiro atoms. The van der Waals surface area contributed by atoms with Crippen molar-refractivity contribution in [1.82, 2.24) is 4.98 Å². The standard InChI is InChI=1S/C9H5F6NO2/c1-18-7(17)6-5(9(13,14)15)2-4(3-16-6)8(10,11)12/h2-3H,1H3. The number of aromatic nitrogens is 1. The van der Waals surface area contributed by atoms with Crippen LogP contribution in [0.15, 0.2) is 12.3 Å². The van der Waals surface area contributed by atoms with Gasteiger partial charge in [-0.25, -0.2) is 9.78 Å². The van der Waals surface area contributed by atoms with Crippen LogP contribution in [0.1, 0.15) is 21.6 Å². The molecular weight excluding hydrogens is 268 g/mol. The Hall–Kier alpha value is -1.80. The lowest BCUT2D eigenvalue weighted by Crippen LogP contribution is -2.18. The summed E-state index contributed by atoms with van der Waals surface area (Å²) in [6.45, 7) is 0. The SMILES string of the molecule is COC(=O)c1ncc(C(F)(F)F)cc1C(F)(F)F. The summed E-state index contributed by atoms with van der Waals surface area (Å²) >= 11 is 0. The van der Waals surface area contributed by atoms with Crippen LogP contribution in [0.5, 0.6) is 0 Å². The quantitative estimate of drug-likeness (QED) is 0.583. The molecule has 9 heteroatoms. The number of ether oxygens (including phenoxy) is 1. The largest absolute Gasteiger partial charge is 0.464 e. The average Bonchev–Trinajstić information content (AvgIpc) is 2.24. The Bertz CT molecular complexity index is 465. The molecule has 0 aromatic carbocycles. The molecule has 1 heterocycles. The van der Waals surface area contributed by atoms with Crippen LogP contribution in [0.2, 0.25) is 0 Å². The van der Waals surface area contributed by atoms with Crippen LogP contribution in [0.3, 0.4) is 0 Å². The average molecular weight is 273 g/mol. The van der Waals surface area contributed by atoms with Crippen LogP contribution >= 0.6 is 0 Å². The fourth-order valence-electron chi connectivity index (χ4n) is 1.10. The van der Waals surface area contributed by atoms with Crippen molar-refractivity contribution in [3.63, 3.8) is 0 Å². The highest BCUT2D eigenvalue weighted by molar-refractivity contribution is 5.89. The van der Waals surface area contributed by atoms with Crippen molar-refractivity contribution in [2.75, 3.05) is 7.11 Å². The fourth-order valence-corrected chi connectivity index (χ4v) is 1.10. The third kappa shape index (κ3) is 2.90. The van der Waals surface area contributed by atoms with Crippen molar-refractivity contribution in [2.45, 2.75) is 12.4 Å². The van der Waals surface area contributed by atoms with E-state index in [1.54, 1.807) is 0 Å². The molecular formula is C9H5F6NO2. The van der Waals surface area contributed by atoms with Gasteiger partial charge in [0.1, 0.15) is 0 Å². The van der Waals surface area contributed by atoms with Gasteiger partial charge in [-0.1, -0.05) is 0 Å². The molecule has 0 N–H and O–H groups in total. The van der Waals surface area contributed by atoms with Gasteiger partial charge in [0.15, 0.2) is 5.69 Å². The Kier molecular flexibility index (Phi) is 3.54. The van der Waals surface area contributed by atoms with E-state index >= 15 is 0 Å². The summed E-state index contributed by atoms with van der Waals surface area (Å²) in [7, 11) is 0.793. The van der Waals surface area contributed by atoms with E-state index in [1.807, 2.05) is 0 Å². The van der Waals surface area contributed by atoms with Gasteiger partial charge in [0, 0.05) is 6.20 Å². The second kappa shape index (κ2) is 4.46. The Labute approximate surface area is 96.4 Å². The molecule has 100 valence electrons. The number of esters is 1.